The van der Waals surface area contributed by atoms with Crippen LogP contribution in [0.1, 0.15) is 11.4 Å². The monoisotopic (exact) mass is 273 g/mol. The van der Waals surface area contributed by atoms with Gasteiger partial charge in [-0.2, -0.15) is 0 Å². The molecule has 4 nitrogen and oxygen atoms in total. The topological polar surface area (TPSA) is 47.8 Å². The van der Waals surface area contributed by atoms with Crippen molar-refractivity contribution in [2.45, 2.75) is 0 Å². The van der Waals surface area contributed by atoms with E-state index in [1.807, 2.05) is 0 Å². The van der Waals surface area contributed by atoms with E-state index in [1.54, 1.807) is 42.6 Å². The number of rotatable bonds is 2. The summed E-state index contributed by atoms with van der Waals surface area (Å²) in [5.41, 5.74) is 1.67. The van der Waals surface area contributed by atoms with Crippen molar-refractivity contribution >= 4 is 17.1 Å². The number of pyridine rings is 1. The standard InChI is InChI=1S/C17H11N3O/c1-3-12-7-9-13(10-8-12)20-15(4-2)19-16-14(17(20)21)6-5-11-18-16/h1,4-11H,2H2. The average Bonchev–Trinajstić information content (AvgIpc) is 2.55. The van der Waals surface area contributed by atoms with Gasteiger partial charge in [0.2, 0.25) is 0 Å². The molecule has 0 amide bonds. The van der Waals surface area contributed by atoms with Gasteiger partial charge >= 0.3 is 0 Å². The molecule has 0 radical (unpaired) electrons. The summed E-state index contributed by atoms with van der Waals surface area (Å²) in [6.07, 6.45) is 8.48. The fourth-order valence-corrected chi connectivity index (χ4v) is 2.13. The molecule has 2 aromatic heterocycles. The van der Waals surface area contributed by atoms with Crippen LogP contribution in [0.25, 0.3) is 22.8 Å². The Hall–Kier alpha value is -3.19. The molecule has 1 aromatic carbocycles. The van der Waals surface area contributed by atoms with Gasteiger partial charge in [0.05, 0.1) is 11.1 Å². The lowest BCUT2D eigenvalue weighted by atomic mass is 10.2. The van der Waals surface area contributed by atoms with Crippen LogP contribution in [0.2, 0.25) is 0 Å². The lowest BCUT2D eigenvalue weighted by molar-refractivity contribution is 0.937. The largest absolute Gasteiger partial charge is 0.268 e. The summed E-state index contributed by atoms with van der Waals surface area (Å²) in [7, 11) is 0. The van der Waals surface area contributed by atoms with Crippen LogP contribution in [0.5, 0.6) is 0 Å². The summed E-state index contributed by atoms with van der Waals surface area (Å²) in [6.45, 7) is 3.72. The highest BCUT2D eigenvalue weighted by Gasteiger charge is 2.10. The third kappa shape index (κ3) is 2.11. The first kappa shape index (κ1) is 12.8. The Bertz CT molecular complexity index is 931. The molecule has 0 aliphatic carbocycles. The Morgan fingerprint density at radius 2 is 2.00 bits per heavy atom. The van der Waals surface area contributed by atoms with E-state index in [0.717, 1.165) is 5.56 Å². The Morgan fingerprint density at radius 3 is 2.67 bits per heavy atom. The van der Waals surface area contributed by atoms with Crippen LogP contribution in [0, 0.1) is 12.3 Å². The van der Waals surface area contributed by atoms with Crippen LogP contribution in [-0.4, -0.2) is 14.5 Å². The Morgan fingerprint density at radius 1 is 1.24 bits per heavy atom. The fourth-order valence-electron chi connectivity index (χ4n) is 2.13. The van der Waals surface area contributed by atoms with Crippen molar-refractivity contribution in [3.05, 3.63) is 70.9 Å². The normalized spacial score (nSPS) is 10.2. The van der Waals surface area contributed by atoms with Crippen molar-refractivity contribution in [1.29, 1.82) is 0 Å². The maximum Gasteiger partial charge on any atom is 0.267 e. The molecule has 0 saturated carbocycles. The highest BCUT2D eigenvalue weighted by molar-refractivity contribution is 5.74. The van der Waals surface area contributed by atoms with Gasteiger partial charge in [0.1, 0.15) is 5.82 Å². The van der Waals surface area contributed by atoms with Crippen LogP contribution in [-0.2, 0) is 0 Å². The smallest absolute Gasteiger partial charge is 0.267 e. The molecule has 0 fully saturated rings. The summed E-state index contributed by atoms with van der Waals surface area (Å²) in [4.78, 5) is 21.1. The molecule has 4 heteroatoms. The number of hydrogen-bond donors (Lipinski definition) is 0. The maximum absolute atomic E-state index is 12.7. The Balaban J connectivity index is 2.35. The zero-order chi connectivity index (χ0) is 14.8. The predicted octanol–water partition coefficient (Wildman–Crippen LogP) is 2.41. The number of fused-ring (bicyclic) bond motifs is 1. The number of terminal acetylenes is 1. The lowest BCUT2D eigenvalue weighted by Gasteiger charge is -2.10. The lowest BCUT2D eigenvalue weighted by Crippen LogP contribution is -2.22. The number of nitrogens with zero attached hydrogens (tertiary/aromatic N) is 3. The number of benzene rings is 1. The zero-order valence-corrected chi connectivity index (χ0v) is 11.2. The summed E-state index contributed by atoms with van der Waals surface area (Å²) in [5, 5.41) is 0.462. The van der Waals surface area contributed by atoms with E-state index >= 15 is 0 Å². The van der Waals surface area contributed by atoms with Gasteiger partial charge in [-0.25, -0.2) is 9.97 Å². The van der Waals surface area contributed by atoms with E-state index in [9.17, 15) is 4.79 Å². The van der Waals surface area contributed by atoms with Crippen LogP contribution in [0.15, 0.2) is 54.0 Å². The van der Waals surface area contributed by atoms with Gasteiger partial charge < -0.3 is 0 Å². The Labute approximate surface area is 121 Å². The van der Waals surface area contributed by atoms with Gasteiger partial charge in [-0.05, 0) is 42.5 Å². The molecule has 0 saturated heterocycles. The van der Waals surface area contributed by atoms with Crippen molar-refractivity contribution < 1.29 is 0 Å². The highest BCUT2D eigenvalue weighted by atomic mass is 16.1. The molecule has 3 aromatic rings. The molecule has 100 valence electrons. The molecule has 0 aliphatic heterocycles. The third-order valence-corrected chi connectivity index (χ3v) is 3.14. The van der Waals surface area contributed by atoms with Crippen LogP contribution in [0.3, 0.4) is 0 Å². The van der Waals surface area contributed by atoms with Crippen molar-refractivity contribution in [2.24, 2.45) is 0 Å². The predicted molar refractivity (Wildman–Crippen MR) is 83.2 cm³/mol. The SMILES string of the molecule is C#Cc1ccc(-n2c(C=C)nc3ncccc3c2=O)cc1. The fraction of sp³-hybridized carbons (Fsp3) is 0. The molecule has 0 atom stereocenters. The molecule has 0 N–H and O–H groups in total. The maximum atomic E-state index is 12.7. The summed E-state index contributed by atoms with van der Waals surface area (Å²) >= 11 is 0. The molecule has 0 spiro atoms. The zero-order valence-electron chi connectivity index (χ0n) is 11.2. The van der Waals surface area contributed by atoms with Gasteiger partial charge in [0.15, 0.2) is 5.65 Å². The minimum absolute atomic E-state index is 0.184. The van der Waals surface area contributed by atoms with Gasteiger partial charge in [-0.1, -0.05) is 12.5 Å². The first-order chi connectivity index (χ1) is 10.2. The van der Waals surface area contributed by atoms with E-state index in [4.69, 9.17) is 6.42 Å². The van der Waals surface area contributed by atoms with E-state index in [2.05, 4.69) is 22.5 Å². The van der Waals surface area contributed by atoms with Crippen molar-refractivity contribution in [3.63, 3.8) is 0 Å². The quantitative estimate of drug-likeness (QED) is 0.674. The first-order valence-electron chi connectivity index (χ1n) is 6.32. The molecular formula is C17H11N3O. The summed E-state index contributed by atoms with van der Waals surface area (Å²) in [6, 6.07) is 10.5. The molecule has 0 unspecified atom stereocenters. The second-order valence-electron chi connectivity index (χ2n) is 4.38. The molecular weight excluding hydrogens is 262 g/mol. The van der Waals surface area contributed by atoms with Gasteiger partial charge in [-0.3, -0.25) is 9.36 Å². The van der Waals surface area contributed by atoms with E-state index in [1.165, 1.54) is 10.6 Å². The van der Waals surface area contributed by atoms with Gasteiger partial charge in [0.25, 0.3) is 5.56 Å². The summed E-state index contributed by atoms with van der Waals surface area (Å²) in [5.74, 6) is 2.99. The average molecular weight is 273 g/mol. The van der Waals surface area contributed by atoms with Crippen LogP contribution in [0.4, 0.5) is 0 Å². The molecule has 0 bridgehead atoms. The van der Waals surface area contributed by atoms with Crippen molar-refractivity contribution in [3.8, 4) is 18.0 Å². The second kappa shape index (κ2) is 5.06. The van der Waals surface area contributed by atoms with Crippen molar-refractivity contribution in [2.75, 3.05) is 0 Å². The number of hydrogen-bond acceptors (Lipinski definition) is 3. The minimum atomic E-state index is -0.184. The van der Waals surface area contributed by atoms with Crippen molar-refractivity contribution in [1.82, 2.24) is 14.5 Å². The molecule has 3 rings (SSSR count). The van der Waals surface area contributed by atoms with E-state index in [-0.39, 0.29) is 5.56 Å². The van der Waals surface area contributed by atoms with E-state index < -0.39 is 0 Å². The third-order valence-electron chi connectivity index (χ3n) is 3.14. The molecule has 2 heterocycles. The van der Waals surface area contributed by atoms with Crippen LogP contribution >= 0.6 is 0 Å². The van der Waals surface area contributed by atoms with Gasteiger partial charge in [-0.15, -0.1) is 6.42 Å². The summed E-state index contributed by atoms with van der Waals surface area (Å²) < 4.78 is 1.50. The van der Waals surface area contributed by atoms with Crippen LogP contribution < -0.4 is 5.56 Å². The molecule has 21 heavy (non-hydrogen) atoms. The highest BCUT2D eigenvalue weighted by Crippen LogP contribution is 2.13. The van der Waals surface area contributed by atoms with E-state index in [0.29, 0.717) is 22.5 Å². The van der Waals surface area contributed by atoms with Gasteiger partial charge in [0, 0.05) is 11.8 Å². The molecule has 0 aliphatic rings. The number of aromatic nitrogens is 3. The second-order valence-corrected chi connectivity index (χ2v) is 4.38. The first-order valence-corrected chi connectivity index (χ1v) is 6.32. The Kier molecular flexibility index (Phi) is 3.09. The minimum Gasteiger partial charge on any atom is -0.268 e.